The zero-order valence-corrected chi connectivity index (χ0v) is 9.98. The summed E-state index contributed by atoms with van der Waals surface area (Å²) in [6.07, 6.45) is 0. The number of nitrogens with zero attached hydrogens (tertiary/aromatic N) is 2. The average molecular weight is 256 g/mol. The Kier molecular flexibility index (Phi) is 3.42. The fourth-order valence-electron chi connectivity index (χ4n) is 1.51. The molecule has 0 saturated heterocycles. The lowest BCUT2D eigenvalue weighted by Gasteiger charge is -2.01. The van der Waals surface area contributed by atoms with Crippen LogP contribution in [0.25, 0.3) is 0 Å². The molecular formula is C13H12N4O2. The summed E-state index contributed by atoms with van der Waals surface area (Å²) < 4.78 is 0. The number of nitro groups is 1. The molecule has 0 amide bonds. The molecule has 0 heterocycles. The smallest absolute Gasteiger partial charge is 0.269 e. The maximum atomic E-state index is 10.5. The molecule has 0 radical (unpaired) electrons. The van der Waals surface area contributed by atoms with Crippen molar-refractivity contribution in [2.24, 2.45) is 10.7 Å². The van der Waals surface area contributed by atoms with Gasteiger partial charge in [0.15, 0.2) is 0 Å². The maximum Gasteiger partial charge on any atom is 0.269 e. The van der Waals surface area contributed by atoms with E-state index in [-0.39, 0.29) is 5.69 Å². The molecule has 2 aromatic rings. The summed E-state index contributed by atoms with van der Waals surface area (Å²) in [4.78, 5) is 14.3. The van der Waals surface area contributed by atoms with E-state index >= 15 is 0 Å². The zero-order chi connectivity index (χ0) is 13.8. The van der Waals surface area contributed by atoms with Crippen LogP contribution in [0.2, 0.25) is 0 Å². The quantitative estimate of drug-likeness (QED) is 0.288. The fraction of sp³-hybridized carbons (Fsp3) is 0. The highest BCUT2D eigenvalue weighted by atomic mass is 16.6. The van der Waals surface area contributed by atoms with Crippen LogP contribution in [0.3, 0.4) is 0 Å². The van der Waals surface area contributed by atoms with Crippen LogP contribution >= 0.6 is 0 Å². The monoisotopic (exact) mass is 256 g/mol. The van der Waals surface area contributed by atoms with E-state index < -0.39 is 4.92 Å². The largest absolute Gasteiger partial charge is 0.399 e. The molecule has 0 saturated carbocycles. The molecule has 0 bridgehead atoms. The van der Waals surface area contributed by atoms with Crippen LogP contribution in [0.5, 0.6) is 0 Å². The molecule has 96 valence electrons. The van der Waals surface area contributed by atoms with Gasteiger partial charge in [-0.15, -0.1) is 0 Å². The molecule has 0 aliphatic heterocycles. The highest BCUT2D eigenvalue weighted by Crippen LogP contribution is 2.16. The van der Waals surface area contributed by atoms with Crippen LogP contribution in [-0.4, -0.2) is 10.8 Å². The molecular weight excluding hydrogens is 244 g/mol. The van der Waals surface area contributed by atoms with Gasteiger partial charge in [0.05, 0.1) is 10.6 Å². The number of hydrogen-bond donors (Lipinski definition) is 2. The lowest BCUT2D eigenvalue weighted by molar-refractivity contribution is -0.384. The molecule has 0 atom stereocenters. The van der Waals surface area contributed by atoms with Crippen molar-refractivity contribution in [3.8, 4) is 0 Å². The molecule has 0 aromatic heterocycles. The first-order valence-corrected chi connectivity index (χ1v) is 5.51. The van der Waals surface area contributed by atoms with Crippen LogP contribution in [-0.2, 0) is 0 Å². The van der Waals surface area contributed by atoms with Crippen molar-refractivity contribution in [2.75, 3.05) is 5.73 Å². The predicted molar refractivity (Wildman–Crippen MR) is 74.3 cm³/mol. The average Bonchev–Trinajstić information content (AvgIpc) is 2.41. The van der Waals surface area contributed by atoms with Crippen LogP contribution < -0.4 is 11.5 Å². The van der Waals surface area contributed by atoms with Gasteiger partial charge in [0, 0.05) is 23.4 Å². The highest BCUT2D eigenvalue weighted by Gasteiger charge is 2.05. The molecule has 0 unspecified atom stereocenters. The summed E-state index contributed by atoms with van der Waals surface area (Å²) in [7, 11) is 0. The van der Waals surface area contributed by atoms with Gasteiger partial charge in [-0.3, -0.25) is 10.1 Å². The maximum absolute atomic E-state index is 10.5. The molecule has 4 N–H and O–H groups in total. The van der Waals surface area contributed by atoms with Crippen molar-refractivity contribution in [3.05, 3.63) is 64.2 Å². The highest BCUT2D eigenvalue weighted by molar-refractivity contribution is 5.99. The van der Waals surface area contributed by atoms with Crippen molar-refractivity contribution in [1.29, 1.82) is 0 Å². The summed E-state index contributed by atoms with van der Waals surface area (Å²) in [5.74, 6) is 0.291. The Bertz CT molecular complexity index is 618. The normalized spacial score (nSPS) is 11.3. The van der Waals surface area contributed by atoms with Crippen molar-refractivity contribution in [1.82, 2.24) is 0 Å². The summed E-state index contributed by atoms with van der Waals surface area (Å²) in [5, 5.41) is 10.5. The summed E-state index contributed by atoms with van der Waals surface area (Å²) in [5.41, 5.74) is 13.4. The molecule has 0 spiro atoms. The number of benzene rings is 2. The number of aliphatic imine (C=N–C) groups is 1. The third kappa shape index (κ3) is 3.06. The minimum absolute atomic E-state index is 0.0176. The lowest BCUT2D eigenvalue weighted by atomic mass is 10.2. The summed E-state index contributed by atoms with van der Waals surface area (Å²) in [6, 6.07) is 12.8. The minimum Gasteiger partial charge on any atom is -0.399 e. The number of anilines is 1. The van der Waals surface area contributed by atoms with Gasteiger partial charge in [0.2, 0.25) is 0 Å². The van der Waals surface area contributed by atoms with Crippen LogP contribution in [0, 0.1) is 10.1 Å². The lowest BCUT2D eigenvalue weighted by Crippen LogP contribution is -2.12. The van der Waals surface area contributed by atoms with Crippen molar-refractivity contribution < 1.29 is 4.92 Å². The number of rotatable bonds is 3. The first-order valence-electron chi connectivity index (χ1n) is 5.51. The molecule has 6 nitrogen and oxygen atoms in total. The molecule has 0 aliphatic carbocycles. The van der Waals surface area contributed by atoms with E-state index in [1.807, 2.05) is 0 Å². The first-order chi connectivity index (χ1) is 9.06. The van der Waals surface area contributed by atoms with E-state index in [9.17, 15) is 10.1 Å². The van der Waals surface area contributed by atoms with Crippen molar-refractivity contribution >= 4 is 22.9 Å². The Labute approximate surface area is 109 Å². The predicted octanol–water partition coefficient (Wildman–Crippen LogP) is 2.21. The fourth-order valence-corrected chi connectivity index (χ4v) is 1.51. The standard InChI is InChI=1S/C13H12N4O2/c14-10-3-5-11(6-4-10)16-13(15)9-1-7-12(8-2-9)17(18)19/h1-8H,14H2,(H2,15,16). The molecule has 0 fully saturated rings. The van der Waals surface area contributed by atoms with Crippen LogP contribution in [0.4, 0.5) is 17.1 Å². The van der Waals surface area contributed by atoms with Crippen LogP contribution in [0.1, 0.15) is 5.56 Å². The summed E-state index contributed by atoms with van der Waals surface area (Å²) >= 11 is 0. The number of nitrogen functional groups attached to an aromatic ring is 1. The first kappa shape index (κ1) is 12.6. The molecule has 19 heavy (non-hydrogen) atoms. The van der Waals surface area contributed by atoms with Gasteiger partial charge in [0.25, 0.3) is 5.69 Å². The Morgan fingerprint density at radius 1 is 1.05 bits per heavy atom. The van der Waals surface area contributed by atoms with Gasteiger partial charge in [-0.1, -0.05) is 0 Å². The van der Waals surface area contributed by atoms with Gasteiger partial charge in [-0.2, -0.15) is 0 Å². The second kappa shape index (κ2) is 5.18. The number of amidine groups is 1. The SMILES string of the molecule is NC(=Nc1ccc(N)cc1)c1ccc([N+](=O)[O-])cc1. The zero-order valence-electron chi connectivity index (χ0n) is 9.98. The third-order valence-corrected chi connectivity index (χ3v) is 2.52. The Hall–Kier alpha value is -2.89. The van der Waals surface area contributed by atoms with E-state index in [0.29, 0.717) is 22.8 Å². The molecule has 2 aromatic carbocycles. The number of non-ortho nitro benzene ring substituents is 1. The topological polar surface area (TPSA) is 108 Å². The van der Waals surface area contributed by atoms with Crippen molar-refractivity contribution in [2.45, 2.75) is 0 Å². The number of hydrogen-bond acceptors (Lipinski definition) is 4. The van der Waals surface area contributed by atoms with Crippen molar-refractivity contribution in [3.63, 3.8) is 0 Å². The minimum atomic E-state index is -0.461. The van der Waals surface area contributed by atoms with Crippen LogP contribution in [0.15, 0.2) is 53.5 Å². The van der Waals surface area contributed by atoms with E-state index in [4.69, 9.17) is 11.5 Å². The third-order valence-electron chi connectivity index (χ3n) is 2.52. The van der Waals surface area contributed by atoms with Gasteiger partial charge < -0.3 is 11.5 Å². The summed E-state index contributed by atoms with van der Waals surface area (Å²) in [6.45, 7) is 0. The number of nitro benzene ring substituents is 1. The second-order valence-corrected chi connectivity index (χ2v) is 3.89. The van der Waals surface area contributed by atoms with Gasteiger partial charge in [0.1, 0.15) is 5.84 Å². The van der Waals surface area contributed by atoms with E-state index in [1.165, 1.54) is 12.1 Å². The van der Waals surface area contributed by atoms with Gasteiger partial charge >= 0.3 is 0 Å². The Morgan fingerprint density at radius 3 is 2.16 bits per heavy atom. The Morgan fingerprint density at radius 2 is 1.63 bits per heavy atom. The Balaban J connectivity index is 2.25. The van der Waals surface area contributed by atoms with Gasteiger partial charge in [-0.25, -0.2) is 4.99 Å². The van der Waals surface area contributed by atoms with E-state index in [0.717, 1.165) is 0 Å². The van der Waals surface area contributed by atoms with E-state index in [2.05, 4.69) is 4.99 Å². The molecule has 2 rings (SSSR count). The molecule has 0 aliphatic rings. The number of nitrogens with two attached hydrogens (primary N) is 2. The molecule has 6 heteroatoms. The van der Waals surface area contributed by atoms with E-state index in [1.54, 1.807) is 36.4 Å². The van der Waals surface area contributed by atoms with Gasteiger partial charge in [-0.05, 0) is 36.4 Å². The second-order valence-electron chi connectivity index (χ2n) is 3.89.